The highest BCUT2D eigenvalue weighted by Gasteiger charge is 2.25. The molecule has 0 atom stereocenters. The number of hydrogen-bond donors (Lipinski definition) is 4. The number of fused-ring (bicyclic) bond motifs is 7. The molecule has 6 rings (SSSR count). The number of nitrogens with one attached hydrogen (secondary N) is 4. The maximum Gasteiger partial charge on any atom is 0.0467 e. The smallest absolute Gasteiger partial charge is 0.0467 e. The first kappa shape index (κ1) is 14.1. The van der Waals surface area contributed by atoms with Gasteiger partial charge in [0.05, 0.1) is 0 Å². The van der Waals surface area contributed by atoms with Crippen LogP contribution in [0.4, 0.5) is 0 Å². The van der Waals surface area contributed by atoms with Gasteiger partial charge in [-0.1, -0.05) is 0 Å². The van der Waals surface area contributed by atoms with Crippen LogP contribution in [0.3, 0.4) is 0 Å². The third-order valence-electron chi connectivity index (χ3n) is 5.60. The molecule has 128 valence electrons. The number of aromatic amines is 3. The van der Waals surface area contributed by atoms with Crippen molar-refractivity contribution >= 4 is 23.8 Å². The molecule has 1 aliphatic carbocycles. The Morgan fingerprint density at radius 1 is 0.654 bits per heavy atom. The van der Waals surface area contributed by atoms with E-state index in [1.165, 1.54) is 33.9 Å². The van der Waals surface area contributed by atoms with Crippen LogP contribution >= 0.6 is 0 Å². The summed E-state index contributed by atoms with van der Waals surface area (Å²) in [4.78, 5) is 10.6. The van der Waals surface area contributed by atoms with E-state index < -0.39 is 0 Å². The van der Waals surface area contributed by atoms with Crippen molar-refractivity contribution in [3.8, 4) is 0 Å². The highest BCUT2D eigenvalue weighted by molar-refractivity contribution is 5.75. The van der Waals surface area contributed by atoms with E-state index in [1.54, 1.807) is 0 Å². The third-order valence-corrected chi connectivity index (χ3v) is 5.60. The van der Waals surface area contributed by atoms with Crippen molar-refractivity contribution < 1.29 is 0 Å². The zero-order valence-electron chi connectivity index (χ0n) is 14.4. The SMILES string of the molecule is C1=C2CCC(=C3CCc4cc([nH]c43)C=c3ccc([nH]3)=Cc3ccc1[nH]3)N2. The van der Waals surface area contributed by atoms with E-state index in [0.29, 0.717) is 0 Å². The van der Waals surface area contributed by atoms with Crippen LogP contribution in [0.5, 0.6) is 0 Å². The van der Waals surface area contributed by atoms with E-state index in [0.717, 1.165) is 47.8 Å². The summed E-state index contributed by atoms with van der Waals surface area (Å²) in [5, 5.41) is 5.90. The van der Waals surface area contributed by atoms with Gasteiger partial charge in [0.15, 0.2) is 0 Å². The molecule has 3 aromatic heterocycles. The summed E-state index contributed by atoms with van der Waals surface area (Å²) in [5.41, 5.74) is 10.3. The number of rotatable bonds is 0. The molecule has 0 aromatic carbocycles. The first-order chi connectivity index (χ1) is 12.8. The van der Waals surface area contributed by atoms with E-state index in [9.17, 15) is 0 Å². The Morgan fingerprint density at radius 3 is 2.35 bits per heavy atom. The quantitative estimate of drug-likeness (QED) is 0.500. The molecule has 4 heteroatoms. The molecule has 1 fully saturated rings. The van der Waals surface area contributed by atoms with Crippen LogP contribution in [0, 0.1) is 0 Å². The number of aromatic nitrogens is 3. The van der Waals surface area contributed by atoms with Crippen molar-refractivity contribution in [2.24, 2.45) is 0 Å². The molecule has 0 saturated carbocycles. The van der Waals surface area contributed by atoms with Crippen LogP contribution in [0.15, 0.2) is 41.7 Å². The summed E-state index contributed by atoms with van der Waals surface area (Å²) in [5.74, 6) is 0. The lowest BCUT2D eigenvalue weighted by Gasteiger charge is -2.06. The molecule has 3 aliphatic rings. The molecular weight excluding hydrogens is 320 g/mol. The Morgan fingerprint density at radius 2 is 1.46 bits per heavy atom. The molecule has 0 unspecified atom stereocenters. The Kier molecular flexibility index (Phi) is 2.80. The van der Waals surface area contributed by atoms with E-state index in [1.807, 2.05) is 0 Å². The lowest BCUT2D eigenvalue weighted by molar-refractivity contribution is 1.01. The predicted octanol–water partition coefficient (Wildman–Crippen LogP) is 2.72. The molecule has 3 aromatic rings. The summed E-state index contributed by atoms with van der Waals surface area (Å²) in [6.45, 7) is 0. The molecule has 26 heavy (non-hydrogen) atoms. The number of H-pyrrole nitrogens is 3. The summed E-state index contributed by atoms with van der Waals surface area (Å²) in [6, 6.07) is 10.8. The van der Waals surface area contributed by atoms with Crippen LogP contribution in [0.2, 0.25) is 0 Å². The topological polar surface area (TPSA) is 59.4 Å². The minimum absolute atomic E-state index is 1.07. The molecule has 0 radical (unpaired) electrons. The summed E-state index contributed by atoms with van der Waals surface area (Å²) in [6.07, 6.45) is 11.0. The minimum atomic E-state index is 1.07. The van der Waals surface area contributed by atoms with Gasteiger partial charge in [-0.05, 0) is 85.4 Å². The van der Waals surface area contributed by atoms with Crippen LogP contribution in [0.1, 0.15) is 47.6 Å². The Labute approximate surface area is 151 Å². The van der Waals surface area contributed by atoms with Crippen molar-refractivity contribution in [2.75, 3.05) is 0 Å². The third kappa shape index (κ3) is 2.22. The summed E-state index contributed by atoms with van der Waals surface area (Å²) >= 11 is 0. The monoisotopic (exact) mass is 340 g/mol. The van der Waals surface area contributed by atoms with Gasteiger partial charge in [0, 0.05) is 44.9 Å². The van der Waals surface area contributed by atoms with Crippen LogP contribution < -0.4 is 16.0 Å². The van der Waals surface area contributed by atoms with Gasteiger partial charge in [-0.3, -0.25) is 0 Å². The van der Waals surface area contributed by atoms with E-state index in [4.69, 9.17) is 0 Å². The zero-order valence-corrected chi connectivity index (χ0v) is 14.4. The minimum Gasteiger partial charge on any atom is -0.362 e. The van der Waals surface area contributed by atoms with Crippen molar-refractivity contribution in [3.63, 3.8) is 0 Å². The Bertz CT molecular complexity index is 1210. The number of aryl methyl sites for hydroxylation is 1. The van der Waals surface area contributed by atoms with Gasteiger partial charge in [0.25, 0.3) is 0 Å². The first-order valence-corrected chi connectivity index (χ1v) is 9.29. The molecule has 5 heterocycles. The Balaban J connectivity index is 1.59. The molecule has 4 nitrogen and oxygen atoms in total. The normalized spacial score (nSPS) is 17.6. The highest BCUT2D eigenvalue weighted by Crippen LogP contribution is 2.37. The molecule has 0 spiro atoms. The van der Waals surface area contributed by atoms with Gasteiger partial charge in [0.2, 0.25) is 0 Å². The van der Waals surface area contributed by atoms with Crippen molar-refractivity contribution in [1.29, 1.82) is 0 Å². The second-order valence-corrected chi connectivity index (χ2v) is 7.40. The Hall–Kier alpha value is -3.14. The fraction of sp³-hybridized carbons (Fsp3) is 0.182. The van der Waals surface area contributed by atoms with Gasteiger partial charge >= 0.3 is 0 Å². The molecule has 1 saturated heterocycles. The van der Waals surface area contributed by atoms with Crippen LogP contribution in [-0.2, 0) is 6.42 Å². The van der Waals surface area contributed by atoms with E-state index in [2.05, 4.69) is 68.8 Å². The number of hydrogen-bond acceptors (Lipinski definition) is 1. The van der Waals surface area contributed by atoms with E-state index in [-0.39, 0.29) is 0 Å². The van der Waals surface area contributed by atoms with Crippen LogP contribution in [-0.4, -0.2) is 15.0 Å². The van der Waals surface area contributed by atoms with Crippen molar-refractivity contribution in [3.05, 3.63) is 80.8 Å². The van der Waals surface area contributed by atoms with Crippen molar-refractivity contribution in [2.45, 2.75) is 25.7 Å². The number of allylic oxidation sites excluding steroid dienone is 3. The lowest BCUT2D eigenvalue weighted by Crippen LogP contribution is -2.09. The van der Waals surface area contributed by atoms with Gasteiger partial charge in [-0.2, -0.15) is 0 Å². The van der Waals surface area contributed by atoms with Crippen molar-refractivity contribution in [1.82, 2.24) is 20.3 Å². The highest BCUT2D eigenvalue weighted by atomic mass is 14.9. The largest absolute Gasteiger partial charge is 0.362 e. The molecule has 8 bridgehead atoms. The van der Waals surface area contributed by atoms with Gasteiger partial charge in [0.1, 0.15) is 0 Å². The standard InChI is InChI=1S/C22H20N4/c1-7-20-21-8-6-18(25-21)11-16-3-2-14(23-16)10-15-4-5-17(24-15)12-19-9-13(1)22(20)26-19/h2-5,9-12,23-26H,1,6-8H2. The summed E-state index contributed by atoms with van der Waals surface area (Å²) < 4.78 is 0. The predicted molar refractivity (Wildman–Crippen MR) is 104 cm³/mol. The first-order valence-electron chi connectivity index (χ1n) is 9.29. The van der Waals surface area contributed by atoms with Gasteiger partial charge in [-0.15, -0.1) is 0 Å². The molecule has 2 aliphatic heterocycles. The maximum atomic E-state index is 3.68. The average Bonchev–Trinajstić information content (AvgIpc) is 3.38. The fourth-order valence-electron chi connectivity index (χ4n) is 4.38. The van der Waals surface area contributed by atoms with Gasteiger partial charge < -0.3 is 20.3 Å². The second-order valence-electron chi connectivity index (χ2n) is 7.40. The lowest BCUT2D eigenvalue weighted by atomic mass is 10.1. The summed E-state index contributed by atoms with van der Waals surface area (Å²) in [7, 11) is 0. The molecular formula is C22H20N4. The maximum absolute atomic E-state index is 3.68. The fourth-order valence-corrected chi connectivity index (χ4v) is 4.38. The molecule has 4 N–H and O–H groups in total. The van der Waals surface area contributed by atoms with Gasteiger partial charge in [-0.25, -0.2) is 0 Å². The van der Waals surface area contributed by atoms with E-state index >= 15 is 0 Å². The second kappa shape index (κ2) is 5.18. The zero-order chi connectivity index (χ0) is 17.1. The average molecular weight is 340 g/mol. The van der Waals surface area contributed by atoms with Crippen LogP contribution in [0.25, 0.3) is 23.8 Å². The molecule has 0 amide bonds.